The van der Waals surface area contributed by atoms with E-state index in [0.717, 1.165) is 19.3 Å². The number of aliphatic hydroxyl groups excluding tert-OH is 1. The summed E-state index contributed by atoms with van der Waals surface area (Å²) in [6.45, 7) is 1.93. The smallest absolute Gasteiger partial charge is 0.211 e. The van der Waals surface area contributed by atoms with Gasteiger partial charge in [0.25, 0.3) is 0 Å². The third-order valence-corrected chi connectivity index (χ3v) is 4.18. The lowest BCUT2D eigenvalue weighted by atomic mass is 9.92. The molecule has 6 unspecified atom stereocenters. The van der Waals surface area contributed by atoms with Gasteiger partial charge in [-0.05, 0) is 26.2 Å². The van der Waals surface area contributed by atoms with Crippen molar-refractivity contribution in [3.8, 4) is 0 Å². The number of hydrogen-bond acceptors (Lipinski definition) is 5. The highest BCUT2D eigenvalue weighted by molar-refractivity contribution is 6.20. The third-order valence-electron chi connectivity index (χ3n) is 3.79. The Bertz CT molecular complexity index is 271. The number of methoxy groups -OCH3 is 1. The quantitative estimate of drug-likeness (QED) is 0.403. The molecule has 1 saturated heterocycles. The van der Waals surface area contributed by atoms with Crippen molar-refractivity contribution in [1.82, 2.24) is 16.2 Å². The van der Waals surface area contributed by atoms with Crippen LogP contribution in [0, 0.1) is 0 Å². The molecule has 7 heteroatoms. The molecule has 0 amide bonds. The molecule has 2 rings (SSSR count). The molecule has 0 aromatic rings. The van der Waals surface area contributed by atoms with Crippen LogP contribution in [0.5, 0.6) is 0 Å². The van der Waals surface area contributed by atoms with Gasteiger partial charge in [-0.3, -0.25) is 5.32 Å². The molecule has 0 aromatic carbocycles. The van der Waals surface area contributed by atoms with Crippen molar-refractivity contribution in [2.24, 2.45) is 0 Å². The Kier molecular flexibility index (Phi) is 5.20. The number of rotatable bonds is 3. The van der Waals surface area contributed by atoms with Crippen LogP contribution in [-0.4, -0.2) is 48.3 Å². The minimum Gasteiger partial charge on any atom is -0.380 e. The van der Waals surface area contributed by atoms with E-state index in [1.807, 2.05) is 12.2 Å². The van der Waals surface area contributed by atoms with Crippen molar-refractivity contribution in [2.75, 3.05) is 7.11 Å². The van der Waals surface area contributed by atoms with E-state index in [1.165, 1.54) is 0 Å². The summed E-state index contributed by atoms with van der Waals surface area (Å²) < 4.78 is 5.50. The number of aliphatic hydroxyl groups is 1. The zero-order valence-electron chi connectivity index (χ0n) is 10.9. The van der Waals surface area contributed by atoms with Gasteiger partial charge in [0.15, 0.2) is 0 Å². The molecular weight excluding hydrogens is 256 g/mol. The lowest BCUT2D eigenvalue weighted by molar-refractivity contribution is -0.775. The number of ether oxygens (including phenoxy) is 1. The van der Waals surface area contributed by atoms with Crippen molar-refractivity contribution in [3.63, 3.8) is 0 Å². The van der Waals surface area contributed by atoms with Crippen LogP contribution in [0.3, 0.4) is 0 Å². The maximum atomic E-state index is 9.80. The Labute approximate surface area is 113 Å². The van der Waals surface area contributed by atoms with Crippen molar-refractivity contribution in [3.05, 3.63) is 0 Å². The van der Waals surface area contributed by atoms with Crippen LogP contribution >= 0.6 is 11.6 Å². The molecule has 1 heterocycles. The third kappa shape index (κ3) is 3.54. The highest BCUT2D eigenvalue weighted by atomic mass is 35.5. The molecule has 6 nitrogen and oxygen atoms in total. The SMILES string of the molecule is COC1CCC(Cl)CC1NC1NNC(C)C(O)[NH2+]1. The molecule has 0 radical (unpaired) electrons. The maximum Gasteiger partial charge on any atom is 0.211 e. The molecule has 18 heavy (non-hydrogen) atoms. The molecule has 0 spiro atoms. The van der Waals surface area contributed by atoms with Gasteiger partial charge in [-0.25, -0.2) is 10.7 Å². The van der Waals surface area contributed by atoms with Crippen molar-refractivity contribution >= 4 is 11.6 Å². The highest BCUT2D eigenvalue weighted by Gasteiger charge is 2.35. The van der Waals surface area contributed by atoms with Crippen molar-refractivity contribution in [2.45, 2.75) is 62.3 Å². The number of hydrogen-bond donors (Lipinski definition) is 5. The van der Waals surface area contributed by atoms with Gasteiger partial charge in [0.1, 0.15) is 0 Å². The Hall–Kier alpha value is 0.0500. The van der Waals surface area contributed by atoms with Gasteiger partial charge >= 0.3 is 0 Å². The van der Waals surface area contributed by atoms with Gasteiger partial charge in [-0.15, -0.1) is 11.6 Å². The summed E-state index contributed by atoms with van der Waals surface area (Å²) in [5, 5.41) is 15.3. The van der Waals surface area contributed by atoms with Gasteiger partial charge in [0.05, 0.1) is 12.1 Å². The largest absolute Gasteiger partial charge is 0.380 e. The number of quaternary nitrogens is 1. The van der Waals surface area contributed by atoms with E-state index >= 15 is 0 Å². The fourth-order valence-corrected chi connectivity index (χ4v) is 2.91. The normalized spacial score (nSPS) is 46.0. The average Bonchev–Trinajstić information content (AvgIpc) is 2.34. The number of nitrogens with two attached hydrogens (primary N) is 1. The van der Waals surface area contributed by atoms with Gasteiger partial charge < -0.3 is 9.84 Å². The molecule has 1 saturated carbocycles. The summed E-state index contributed by atoms with van der Waals surface area (Å²) in [4.78, 5) is 0. The van der Waals surface area contributed by atoms with E-state index in [1.54, 1.807) is 7.11 Å². The predicted octanol–water partition coefficient (Wildman–Crippen LogP) is -1.59. The monoisotopic (exact) mass is 279 g/mol. The van der Waals surface area contributed by atoms with Crippen LogP contribution in [-0.2, 0) is 4.74 Å². The van der Waals surface area contributed by atoms with Crippen LogP contribution in [0.2, 0.25) is 0 Å². The summed E-state index contributed by atoms with van der Waals surface area (Å²) >= 11 is 6.21. The Morgan fingerprint density at radius 1 is 1.39 bits per heavy atom. The lowest BCUT2D eigenvalue weighted by Gasteiger charge is -2.38. The van der Waals surface area contributed by atoms with Crippen LogP contribution in [0.1, 0.15) is 26.2 Å². The Balaban J connectivity index is 1.87. The van der Waals surface area contributed by atoms with Gasteiger partial charge in [0, 0.05) is 18.5 Å². The summed E-state index contributed by atoms with van der Waals surface area (Å²) in [7, 11) is 1.74. The minimum absolute atomic E-state index is 0.0217. The lowest BCUT2D eigenvalue weighted by Crippen LogP contribution is -3.07. The maximum absolute atomic E-state index is 9.80. The van der Waals surface area contributed by atoms with Gasteiger partial charge in [0.2, 0.25) is 12.5 Å². The number of halogens is 1. The molecule has 0 aromatic heterocycles. The summed E-state index contributed by atoms with van der Waals surface area (Å²) in [5.41, 5.74) is 6.18. The molecule has 2 fully saturated rings. The second-order valence-corrected chi connectivity index (χ2v) is 5.81. The topological polar surface area (TPSA) is 82.2 Å². The van der Waals surface area contributed by atoms with Crippen molar-refractivity contribution in [1.29, 1.82) is 0 Å². The minimum atomic E-state index is -0.458. The van der Waals surface area contributed by atoms with E-state index in [2.05, 4.69) is 16.2 Å². The average molecular weight is 280 g/mol. The number of hydrazine groups is 1. The van der Waals surface area contributed by atoms with Gasteiger partial charge in [-0.2, -0.15) is 5.43 Å². The first-order valence-electron chi connectivity index (χ1n) is 6.57. The van der Waals surface area contributed by atoms with Crippen LogP contribution in [0.25, 0.3) is 0 Å². The Morgan fingerprint density at radius 3 is 2.83 bits per heavy atom. The van der Waals surface area contributed by atoms with E-state index < -0.39 is 6.23 Å². The molecular formula is C11H24ClN4O2+. The number of nitrogens with one attached hydrogen (secondary N) is 3. The molecule has 1 aliphatic carbocycles. The molecule has 1 aliphatic heterocycles. The van der Waals surface area contributed by atoms with E-state index in [9.17, 15) is 5.11 Å². The highest BCUT2D eigenvalue weighted by Crippen LogP contribution is 2.25. The van der Waals surface area contributed by atoms with Crippen LogP contribution in [0.4, 0.5) is 0 Å². The molecule has 0 bridgehead atoms. The molecule has 106 valence electrons. The standard InChI is InChI=1S/C11H23ClN4O2/c1-6-10(17)14-11(16-15-6)13-8-5-7(12)3-4-9(8)18-2/h6-11,13-17H,3-5H2,1-2H3/p+1. The van der Waals surface area contributed by atoms with E-state index in [-0.39, 0.29) is 29.9 Å². The molecule has 6 atom stereocenters. The summed E-state index contributed by atoms with van der Waals surface area (Å²) in [6, 6.07) is 0.232. The Morgan fingerprint density at radius 2 is 2.17 bits per heavy atom. The summed E-state index contributed by atoms with van der Waals surface area (Å²) in [5.74, 6) is 0. The van der Waals surface area contributed by atoms with Gasteiger partial charge in [-0.1, -0.05) is 0 Å². The second kappa shape index (κ2) is 6.47. The molecule has 2 aliphatic rings. The number of alkyl halides is 1. The predicted molar refractivity (Wildman–Crippen MR) is 68.7 cm³/mol. The summed E-state index contributed by atoms with van der Waals surface area (Å²) in [6.07, 6.45) is 2.52. The van der Waals surface area contributed by atoms with Crippen LogP contribution < -0.4 is 21.5 Å². The molecule has 6 N–H and O–H groups in total. The first-order valence-corrected chi connectivity index (χ1v) is 7.01. The van der Waals surface area contributed by atoms with E-state index in [4.69, 9.17) is 16.3 Å². The second-order valence-electron chi connectivity index (χ2n) is 5.20. The van der Waals surface area contributed by atoms with E-state index in [0.29, 0.717) is 0 Å². The van der Waals surface area contributed by atoms with Crippen LogP contribution in [0.15, 0.2) is 0 Å². The van der Waals surface area contributed by atoms with Crippen molar-refractivity contribution < 1.29 is 15.2 Å². The first kappa shape index (κ1) is 14.5. The zero-order chi connectivity index (χ0) is 13.1. The fourth-order valence-electron chi connectivity index (χ4n) is 2.60. The first-order chi connectivity index (χ1) is 8.60. The zero-order valence-corrected chi connectivity index (χ0v) is 11.7. The fraction of sp³-hybridized carbons (Fsp3) is 1.00.